The number of para-hydroxylation sites is 1. The Morgan fingerprint density at radius 1 is 1.42 bits per heavy atom. The van der Waals surface area contributed by atoms with E-state index in [1.807, 2.05) is 26.8 Å². The second kappa shape index (κ2) is 4.85. The van der Waals surface area contributed by atoms with Gasteiger partial charge in [-0.25, -0.2) is 0 Å². The summed E-state index contributed by atoms with van der Waals surface area (Å²) >= 11 is 0. The predicted molar refractivity (Wildman–Crippen MR) is 71.0 cm³/mol. The van der Waals surface area contributed by atoms with Crippen molar-refractivity contribution in [1.82, 2.24) is 0 Å². The van der Waals surface area contributed by atoms with Gasteiger partial charge in [-0.05, 0) is 12.0 Å². The molecule has 1 aromatic carbocycles. The van der Waals surface area contributed by atoms with Gasteiger partial charge in [0.2, 0.25) is 0 Å². The van der Waals surface area contributed by atoms with E-state index in [9.17, 15) is 15.0 Å². The Labute approximate surface area is 113 Å². The zero-order chi connectivity index (χ0) is 14.2. The lowest BCUT2D eigenvalue weighted by atomic mass is 9.68. The van der Waals surface area contributed by atoms with Gasteiger partial charge in [0, 0.05) is 11.5 Å². The van der Waals surface area contributed by atoms with Crippen molar-refractivity contribution < 1.29 is 19.7 Å². The van der Waals surface area contributed by atoms with Gasteiger partial charge < -0.3 is 14.9 Å². The molecule has 2 rings (SSSR count). The van der Waals surface area contributed by atoms with Gasteiger partial charge in [-0.2, -0.15) is 0 Å². The Hall–Kier alpha value is -1.55. The topological polar surface area (TPSA) is 66.8 Å². The van der Waals surface area contributed by atoms with Crippen molar-refractivity contribution in [3.8, 4) is 5.75 Å². The van der Waals surface area contributed by atoms with Gasteiger partial charge in [-0.3, -0.25) is 4.79 Å². The lowest BCUT2D eigenvalue weighted by molar-refractivity contribution is -0.167. The third-order valence-electron chi connectivity index (χ3n) is 3.97. The van der Waals surface area contributed by atoms with Crippen LogP contribution in [-0.2, 0) is 10.4 Å². The first kappa shape index (κ1) is 13.9. The number of carboxylic acids is 1. The highest BCUT2D eigenvalue weighted by molar-refractivity contribution is 5.73. The quantitative estimate of drug-likeness (QED) is 0.878. The van der Waals surface area contributed by atoms with Gasteiger partial charge in [0.1, 0.15) is 11.4 Å². The minimum absolute atomic E-state index is 0.170. The highest BCUT2D eigenvalue weighted by atomic mass is 16.5. The van der Waals surface area contributed by atoms with Gasteiger partial charge in [-0.1, -0.05) is 39.0 Å². The number of carbonyl (C=O) groups is 1. The van der Waals surface area contributed by atoms with Crippen molar-refractivity contribution in [3.63, 3.8) is 0 Å². The lowest BCUT2D eigenvalue weighted by Crippen LogP contribution is -2.51. The Balaban J connectivity index is 2.59. The SMILES string of the molecule is CC(C)C(C(=O)O)C1(O)c2ccccc2OCC1C. The largest absolute Gasteiger partial charge is 0.493 e. The fourth-order valence-electron chi connectivity index (χ4n) is 2.99. The number of rotatable bonds is 3. The minimum Gasteiger partial charge on any atom is -0.493 e. The van der Waals surface area contributed by atoms with Crippen LogP contribution in [-0.4, -0.2) is 22.8 Å². The van der Waals surface area contributed by atoms with Crippen molar-refractivity contribution in [2.75, 3.05) is 6.61 Å². The molecule has 1 aliphatic heterocycles. The van der Waals surface area contributed by atoms with Crippen LogP contribution in [0.15, 0.2) is 24.3 Å². The van der Waals surface area contributed by atoms with E-state index < -0.39 is 17.5 Å². The summed E-state index contributed by atoms with van der Waals surface area (Å²) in [7, 11) is 0. The van der Waals surface area contributed by atoms with E-state index in [0.29, 0.717) is 17.9 Å². The molecular formula is C15H20O4. The number of ether oxygens (including phenoxy) is 1. The fourth-order valence-corrected chi connectivity index (χ4v) is 2.99. The summed E-state index contributed by atoms with van der Waals surface area (Å²) in [6, 6.07) is 7.14. The Morgan fingerprint density at radius 2 is 2.05 bits per heavy atom. The van der Waals surface area contributed by atoms with E-state index in [1.54, 1.807) is 18.2 Å². The van der Waals surface area contributed by atoms with Gasteiger partial charge in [0.15, 0.2) is 0 Å². The molecule has 19 heavy (non-hydrogen) atoms. The fraction of sp³-hybridized carbons (Fsp3) is 0.533. The third-order valence-corrected chi connectivity index (χ3v) is 3.97. The summed E-state index contributed by atoms with van der Waals surface area (Å²) < 4.78 is 5.59. The van der Waals surface area contributed by atoms with E-state index in [-0.39, 0.29) is 11.8 Å². The van der Waals surface area contributed by atoms with Crippen LogP contribution in [0.5, 0.6) is 5.75 Å². The standard InChI is InChI=1S/C15H20O4/c1-9(2)13(14(16)17)15(18)10(3)8-19-12-7-5-4-6-11(12)15/h4-7,9-10,13,18H,8H2,1-3H3,(H,16,17). The minimum atomic E-state index is -1.39. The second-order valence-corrected chi connectivity index (χ2v) is 5.59. The molecule has 0 aromatic heterocycles. The normalized spacial score (nSPS) is 27.5. The predicted octanol–water partition coefficient (Wildman–Crippen LogP) is 2.26. The molecule has 0 bridgehead atoms. The van der Waals surface area contributed by atoms with Crippen LogP contribution in [0.25, 0.3) is 0 Å². The van der Waals surface area contributed by atoms with Gasteiger partial charge in [0.25, 0.3) is 0 Å². The highest BCUT2D eigenvalue weighted by Crippen LogP contribution is 2.47. The molecule has 1 aliphatic rings. The van der Waals surface area contributed by atoms with Crippen molar-refractivity contribution >= 4 is 5.97 Å². The molecule has 4 nitrogen and oxygen atoms in total. The third kappa shape index (κ3) is 2.10. The van der Waals surface area contributed by atoms with Crippen LogP contribution < -0.4 is 4.74 Å². The first-order valence-electron chi connectivity index (χ1n) is 6.56. The number of aliphatic carboxylic acids is 1. The van der Waals surface area contributed by atoms with E-state index in [0.717, 1.165) is 0 Å². The molecule has 3 atom stereocenters. The van der Waals surface area contributed by atoms with Crippen LogP contribution in [0, 0.1) is 17.8 Å². The number of aliphatic hydroxyl groups is 1. The zero-order valence-corrected chi connectivity index (χ0v) is 11.5. The smallest absolute Gasteiger partial charge is 0.310 e. The molecule has 4 heteroatoms. The Bertz CT molecular complexity index is 483. The number of hydrogen-bond acceptors (Lipinski definition) is 3. The van der Waals surface area contributed by atoms with Crippen LogP contribution in [0.4, 0.5) is 0 Å². The lowest BCUT2D eigenvalue weighted by Gasteiger charge is -2.44. The van der Waals surface area contributed by atoms with Crippen molar-refractivity contribution in [2.24, 2.45) is 17.8 Å². The summed E-state index contributed by atoms with van der Waals surface area (Å²) in [4.78, 5) is 11.6. The molecule has 0 spiro atoms. The molecule has 1 aromatic rings. The van der Waals surface area contributed by atoms with Crippen LogP contribution >= 0.6 is 0 Å². The molecule has 0 fully saturated rings. The Kier molecular flexibility index (Phi) is 3.54. The zero-order valence-electron chi connectivity index (χ0n) is 11.5. The molecule has 0 amide bonds. The second-order valence-electron chi connectivity index (χ2n) is 5.59. The summed E-state index contributed by atoms with van der Waals surface area (Å²) in [6.45, 7) is 5.79. The van der Waals surface area contributed by atoms with Crippen molar-refractivity contribution in [2.45, 2.75) is 26.4 Å². The monoisotopic (exact) mass is 264 g/mol. The molecule has 0 aliphatic carbocycles. The maximum Gasteiger partial charge on any atom is 0.310 e. The highest BCUT2D eigenvalue weighted by Gasteiger charge is 2.52. The summed E-state index contributed by atoms with van der Waals surface area (Å²) in [5.74, 6) is -1.69. The first-order valence-corrected chi connectivity index (χ1v) is 6.56. The van der Waals surface area contributed by atoms with Crippen molar-refractivity contribution in [1.29, 1.82) is 0 Å². The Morgan fingerprint density at radius 3 is 2.63 bits per heavy atom. The maximum atomic E-state index is 11.6. The maximum absolute atomic E-state index is 11.6. The summed E-state index contributed by atoms with van der Waals surface area (Å²) in [6.07, 6.45) is 0. The number of hydrogen-bond donors (Lipinski definition) is 2. The summed E-state index contributed by atoms with van der Waals surface area (Å²) in [5.41, 5.74) is -0.815. The molecule has 0 radical (unpaired) electrons. The molecular weight excluding hydrogens is 244 g/mol. The molecule has 1 heterocycles. The molecule has 0 saturated heterocycles. The van der Waals surface area contributed by atoms with E-state index in [4.69, 9.17) is 4.74 Å². The van der Waals surface area contributed by atoms with Crippen molar-refractivity contribution in [3.05, 3.63) is 29.8 Å². The average Bonchev–Trinajstić information content (AvgIpc) is 2.33. The first-order chi connectivity index (χ1) is 8.89. The summed E-state index contributed by atoms with van der Waals surface area (Å²) in [5, 5.41) is 20.6. The number of fused-ring (bicyclic) bond motifs is 1. The molecule has 104 valence electrons. The van der Waals surface area contributed by atoms with E-state index in [2.05, 4.69) is 0 Å². The van der Waals surface area contributed by atoms with Crippen LogP contribution in [0.1, 0.15) is 26.3 Å². The van der Waals surface area contributed by atoms with Gasteiger partial charge in [-0.15, -0.1) is 0 Å². The van der Waals surface area contributed by atoms with E-state index in [1.165, 1.54) is 0 Å². The number of carboxylic acid groups (broad SMARTS) is 1. The average molecular weight is 264 g/mol. The molecule has 0 saturated carbocycles. The van der Waals surface area contributed by atoms with Crippen LogP contribution in [0.2, 0.25) is 0 Å². The number of benzene rings is 1. The molecule has 3 unspecified atom stereocenters. The van der Waals surface area contributed by atoms with Gasteiger partial charge >= 0.3 is 5.97 Å². The van der Waals surface area contributed by atoms with E-state index >= 15 is 0 Å². The van der Waals surface area contributed by atoms with Crippen LogP contribution in [0.3, 0.4) is 0 Å². The molecule has 2 N–H and O–H groups in total. The van der Waals surface area contributed by atoms with Gasteiger partial charge in [0.05, 0.1) is 12.5 Å².